The molecule has 1 saturated heterocycles. The normalized spacial score (nSPS) is 17.8. The van der Waals surface area contributed by atoms with Crippen molar-refractivity contribution in [3.05, 3.63) is 11.9 Å². The van der Waals surface area contributed by atoms with Crippen molar-refractivity contribution in [3.63, 3.8) is 0 Å². The van der Waals surface area contributed by atoms with Gasteiger partial charge < -0.3 is 14.6 Å². The minimum Gasteiger partial charge on any atom is -0.481 e. The summed E-state index contributed by atoms with van der Waals surface area (Å²) in [4.78, 5) is 17.6. The second-order valence-corrected chi connectivity index (χ2v) is 6.05. The predicted octanol–water partition coefficient (Wildman–Crippen LogP) is 2.03. The lowest BCUT2D eigenvalue weighted by Gasteiger charge is -2.22. The van der Waals surface area contributed by atoms with Crippen molar-refractivity contribution in [1.82, 2.24) is 14.5 Å². The third-order valence-electron chi connectivity index (χ3n) is 3.34. The summed E-state index contributed by atoms with van der Waals surface area (Å²) in [6.07, 6.45) is 4.59. The summed E-state index contributed by atoms with van der Waals surface area (Å²) in [6, 6.07) is 0.329. The monoisotopic (exact) mass is 283 g/mol. The van der Waals surface area contributed by atoms with Crippen molar-refractivity contribution in [1.29, 1.82) is 0 Å². The Hall–Kier alpha value is -1.01. The molecule has 0 bridgehead atoms. The SMILES string of the molecule is Cc1cn(C(C)CN2CCCC2)c(SCC(=O)O)n1. The molecule has 1 aromatic heterocycles. The smallest absolute Gasteiger partial charge is 0.313 e. The lowest BCUT2D eigenvalue weighted by atomic mass is 10.3. The van der Waals surface area contributed by atoms with Crippen molar-refractivity contribution >= 4 is 17.7 Å². The van der Waals surface area contributed by atoms with Crippen molar-refractivity contribution in [2.45, 2.75) is 37.9 Å². The van der Waals surface area contributed by atoms with Crippen molar-refractivity contribution in [2.75, 3.05) is 25.4 Å². The summed E-state index contributed by atoms with van der Waals surface area (Å²) in [5, 5.41) is 9.59. The number of imidazole rings is 1. The van der Waals surface area contributed by atoms with Crippen LogP contribution in [0.1, 0.15) is 31.5 Å². The second kappa shape index (κ2) is 6.43. The van der Waals surface area contributed by atoms with Crippen LogP contribution in [0.25, 0.3) is 0 Å². The fourth-order valence-corrected chi connectivity index (χ4v) is 3.31. The van der Waals surface area contributed by atoms with Gasteiger partial charge in [-0.15, -0.1) is 0 Å². The zero-order valence-electron chi connectivity index (χ0n) is 11.5. The van der Waals surface area contributed by atoms with E-state index >= 15 is 0 Å². The van der Waals surface area contributed by atoms with E-state index in [9.17, 15) is 4.79 Å². The number of carboxylic acids is 1. The van der Waals surface area contributed by atoms with E-state index in [4.69, 9.17) is 5.11 Å². The molecule has 1 aromatic rings. The predicted molar refractivity (Wildman–Crippen MR) is 75.7 cm³/mol. The molecule has 0 saturated carbocycles. The topological polar surface area (TPSA) is 58.4 Å². The third kappa shape index (κ3) is 3.98. The van der Waals surface area contributed by atoms with Crippen LogP contribution in [0.2, 0.25) is 0 Å². The largest absolute Gasteiger partial charge is 0.481 e. The molecule has 1 N–H and O–H groups in total. The van der Waals surface area contributed by atoms with Gasteiger partial charge in [0, 0.05) is 18.8 Å². The van der Waals surface area contributed by atoms with E-state index in [0.717, 1.165) is 17.4 Å². The number of carboxylic acid groups (broad SMARTS) is 1. The highest BCUT2D eigenvalue weighted by Crippen LogP contribution is 2.23. The average molecular weight is 283 g/mol. The van der Waals surface area contributed by atoms with Gasteiger partial charge >= 0.3 is 5.97 Å². The molecule has 1 aliphatic rings. The van der Waals surface area contributed by atoms with Gasteiger partial charge in [0.25, 0.3) is 0 Å². The van der Waals surface area contributed by atoms with E-state index in [1.54, 1.807) is 0 Å². The fraction of sp³-hybridized carbons (Fsp3) is 0.692. The maximum Gasteiger partial charge on any atom is 0.313 e. The maximum absolute atomic E-state index is 10.7. The summed E-state index contributed by atoms with van der Waals surface area (Å²) >= 11 is 1.30. The van der Waals surface area contributed by atoms with Gasteiger partial charge in [-0.2, -0.15) is 0 Å². The Balaban J connectivity index is 2.02. The molecule has 2 rings (SSSR count). The summed E-state index contributed by atoms with van der Waals surface area (Å²) in [6.45, 7) is 7.48. The summed E-state index contributed by atoms with van der Waals surface area (Å²) in [7, 11) is 0. The molecule has 0 radical (unpaired) electrons. The van der Waals surface area contributed by atoms with Crippen LogP contribution in [0.3, 0.4) is 0 Å². The minimum atomic E-state index is -0.801. The van der Waals surface area contributed by atoms with E-state index in [0.29, 0.717) is 6.04 Å². The molecule has 1 atom stereocenters. The van der Waals surface area contributed by atoms with Crippen LogP contribution >= 0.6 is 11.8 Å². The van der Waals surface area contributed by atoms with E-state index in [2.05, 4.69) is 21.4 Å². The Kier molecular flexibility index (Phi) is 4.87. The summed E-state index contributed by atoms with van der Waals surface area (Å²) in [5.74, 6) is -0.739. The van der Waals surface area contributed by atoms with Crippen LogP contribution in [0.4, 0.5) is 0 Å². The van der Waals surface area contributed by atoms with E-state index in [-0.39, 0.29) is 5.75 Å². The second-order valence-electron chi connectivity index (χ2n) is 5.11. The lowest BCUT2D eigenvalue weighted by molar-refractivity contribution is -0.133. The van der Waals surface area contributed by atoms with E-state index < -0.39 is 5.97 Å². The van der Waals surface area contributed by atoms with Crippen LogP contribution in [-0.2, 0) is 4.79 Å². The highest BCUT2D eigenvalue weighted by Gasteiger charge is 2.18. The first-order valence-electron chi connectivity index (χ1n) is 6.68. The third-order valence-corrected chi connectivity index (χ3v) is 4.29. The molecule has 2 heterocycles. The molecular weight excluding hydrogens is 262 g/mol. The van der Waals surface area contributed by atoms with Gasteiger partial charge in [0.2, 0.25) is 0 Å². The molecular formula is C13H21N3O2S. The van der Waals surface area contributed by atoms with Gasteiger partial charge in [0.05, 0.1) is 11.4 Å². The lowest BCUT2D eigenvalue weighted by Crippen LogP contribution is -2.27. The first-order chi connectivity index (χ1) is 9.06. The molecule has 106 valence electrons. The number of carbonyl (C=O) groups is 1. The fourth-order valence-electron chi connectivity index (χ4n) is 2.47. The first-order valence-corrected chi connectivity index (χ1v) is 7.67. The number of likely N-dealkylation sites (tertiary alicyclic amines) is 1. The summed E-state index contributed by atoms with van der Waals surface area (Å²) < 4.78 is 2.11. The van der Waals surface area contributed by atoms with Gasteiger partial charge in [0.15, 0.2) is 5.16 Å². The van der Waals surface area contributed by atoms with Crippen LogP contribution < -0.4 is 0 Å². The number of aryl methyl sites for hydroxylation is 1. The quantitative estimate of drug-likeness (QED) is 0.810. The number of hydrogen-bond donors (Lipinski definition) is 1. The molecule has 5 nitrogen and oxygen atoms in total. The zero-order valence-corrected chi connectivity index (χ0v) is 12.3. The molecule has 0 aliphatic carbocycles. The van der Waals surface area contributed by atoms with Gasteiger partial charge in [0.1, 0.15) is 0 Å². The van der Waals surface area contributed by atoms with Gasteiger partial charge in [-0.3, -0.25) is 4.79 Å². The molecule has 0 spiro atoms. The molecule has 0 amide bonds. The van der Waals surface area contributed by atoms with Crippen LogP contribution in [0.15, 0.2) is 11.4 Å². The Morgan fingerprint density at radius 3 is 2.84 bits per heavy atom. The Labute approximate surface area is 118 Å². The molecule has 1 unspecified atom stereocenters. The Morgan fingerprint density at radius 2 is 2.21 bits per heavy atom. The minimum absolute atomic E-state index is 0.0624. The van der Waals surface area contributed by atoms with Crippen LogP contribution in [0.5, 0.6) is 0 Å². The van der Waals surface area contributed by atoms with Gasteiger partial charge in [-0.1, -0.05) is 11.8 Å². The number of rotatable bonds is 6. The Morgan fingerprint density at radius 1 is 1.53 bits per heavy atom. The van der Waals surface area contributed by atoms with Crippen molar-refractivity contribution in [3.8, 4) is 0 Å². The summed E-state index contributed by atoms with van der Waals surface area (Å²) in [5.41, 5.74) is 0.946. The number of aliphatic carboxylic acids is 1. The molecule has 1 fully saturated rings. The van der Waals surface area contributed by atoms with E-state index in [1.165, 1.54) is 37.7 Å². The first kappa shape index (κ1) is 14.4. The van der Waals surface area contributed by atoms with Crippen LogP contribution in [-0.4, -0.2) is 50.9 Å². The van der Waals surface area contributed by atoms with Gasteiger partial charge in [-0.05, 0) is 39.8 Å². The maximum atomic E-state index is 10.7. The number of hydrogen-bond acceptors (Lipinski definition) is 4. The molecule has 6 heteroatoms. The highest BCUT2D eigenvalue weighted by atomic mass is 32.2. The van der Waals surface area contributed by atoms with Gasteiger partial charge in [-0.25, -0.2) is 4.98 Å². The highest BCUT2D eigenvalue weighted by molar-refractivity contribution is 7.99. The Bertz CT molecular complexity index is 441. The van der Waals surface area contributed by atoms with Crippen molar-refractivity contribution in [2.24, 2.45) is 0 Å². The molecule has 0 aromatic carbocycles. The van der Waals surface area contributed by atoms with Crippen molar-refractivity contribution < 1.29 is 9.90 Å². The number of nitrogens with zero attached hydrogens (tertiary/aromatic N) is 3. The zero-order chi connectivity index (χ0) is 13.8. The van der Waals surface area contributed by atoms with E-state index in [1.807, 2.05) is 13.1 Å². The van der Waals surface area contributed by atoms with Crippen LogP contribution in [0, 0.1) is 6.92 Å². The number of aromatic nitrogens is 2. The number of thioether (sulfide) groups is 1. The standard InChI is InChI=1S/C13H21N3O2S/c1-10-7-16(13(14-10)19-9-12(17)18)11(2)8-15-5-3-4-6-15/h7,11H,3-6,8-9H2,1-2H3,(H,17,18). The molecule has 19 heavy (non-hydrogen) atoms. The average Bonchev–Trinajstić information content (AvgIpc) is 2.95. The molecule has 1 aliphatic heterocycles.